The molecular formula is C7H13NO2. The second-order valence-electron chi connectivity index (χ2n) is 2.98. The van der Waals surface area contributed by atoms with Crippen LogP contribution in [0.25, 0.3) is 0 Å². The summed E-state index contributed by atoms with van der Waals surface area (Å²) in [6.45, 7) is 3.60. The van der Waals surface area contributed by atoms with E-state index in [0.29, 0.717) is 0 Å². The molecule has 58 valence electrons. The van der Waals surface area contributed by atoms with Crippen LogP contribution in [-0.4, -0.2) is 26.2 Å². The van der Waals surface area contributed by atoms with Gasteiger partial charge in [-0.3, -0.25) is 4.79 Å². The van der Waals surface area contributed by atoms with Crippen molar-refractivity contribution in [2.75, 3.05) is 20.2 Å². The van der Waals surface area contributed by atoms with Gasteiger partial charge in [0.25, 0.3) is 0 Å². The van der Waals surface area contributed by atoms with Gasteiger partial charge in [-0.2, -0.15) is 0 Å². The second-order valence-corrected chi connectivity index (χ2v) is 2.98. The average molecular weight is 143 g/mol. The molecule has 0 aromatic heterocycles. The monoisotopic (exact) mass is 143 g/mol. The van der Waals surface area contributed by atoms with E-state index in [9.17, 15) is 4.79 Å². The summed E-state index contributed by atoms with van der Waals surface area (Å²) in [5, 5.41) is 3.13. The lowest BCUT2D eigenvalue weighted by Gasteiger charge is -2.18. The molecule has 0 spiro atoms. The summed E-state index contributed by atoms with van der Waals surface area (Å²) in [5.74, 6) is -0.0995. The third-order valence-corrected chi connectivity index (χ3v) is 2.05. The number of carbonyl (C=O) groups excluding carboxylic acids is 1. The van der Waals surface area contributed by atoms with Gasteiger partial charge in [-0.1, -0.05) is 0 Å². The summed E-state index contributed by atoms with van der Waals surface area (Å²) in [6, 6.07) is 0. The fourth-order valence-electron chi connectivity index (χ4n) is 1.24. The standard InChI is InChI=1S/C7H13NO2/c1-7(6(9)10-2)3-4-8-5-7/h8H,3-5H2,1-2H3/t7-/m1/s1. The first-order chi connectivity index (χ1) is 4.69. The first kappa shape index (κ1) is 7.54. The van der Waals surface area contributed by atoms with Gasteiger partial charge in [-0.05, 0) is 19.9 Å². The van der Waals surface area contributed by atoms with Crippen LogP contribution < -0.4 is 5.32 Å². The quantitative estimate of drug-likeness (QED) is 0.531. The first-order valence-corrected chi connectivity index (χ1v) is 3.48. The minimum atomic E-state index is -0.269. The molecule has 1 saturated heterocycles. The summed E-state index contributed by atoms with van der Waals surface area (Å²) in [4.78, 5) is 11.1. The minimum Gasteiger partial charge on any atom is -0.469 e. The second kappa shape index (κ2) is 2.58. The third kappa shape index (κ3) is 1.14. The molecular weight excluding hydrogens is 130 g/mol. The Morgan fingerprint density at radius 3 is 2.80 bits per heavy atom. The molecule has 0 aliphatic carbocycles. The van der Waals surface area contributed by atoms with Crippen molar-refractivity contribution < 1.29 is 9.53 Å². The zero-order valence-corrected chi connectivity index (χ0v) is 6.44. The number of methoxy groups -OCH3 is 1. The van der Waals surface area contributed by atoms with Gasteiger partial charge in [-0.25, -0.2) is 0 Å². The van der Waals surface area contributed by atoms with E-state index in [2.05, 4.69) is 10.1 Å². The molecule has 1 N–H and O–H groups in total. The van der Waals surface area contributed by atoms with Gasteiger partial charge < -0.3 is 10.1 Å². The van der Waals surface area contributed by atoms with Crippen LogP contribution in [0.5, 0.6) is 0 Å². The fourth-order valence-corrected chi connectivity index (χ4v) is 1.24. The summed E-state index contributed by atoms with van der Waals surface area (Å²) < 4.78 is 4.66. The normalized spacial score (nSPS) is 32.2. The summed E-state index contributed by atoms with van der Waals surface area (Å²) >= 11 is 0. The Morgan fingerprint density at radius 2 is 2.40 bits per heavy atom. The molecule has 0 unspecified atom stereocenters. The number of rotatable bonds is 1. The predicted molar refractivity (Wildman–Crippen MR) is 37.6 cm³/mol. The highest BCUT2D eigenvalue weighted by atomic mass is 16.5. The van der Waals surface area contributed by atoms with Crippen molar-refractivity contribution in [1.29, 1.82) is 0 Å². The highest BCUT2D eigenvalue weighted by molar-refractivity contribution is 5.76. The smallest absolute Gasteiger partial charge is 0.312 e. The van der Waals surface area contributed by atoms with Gasteiger partial charge in [0.15, 0.2) is 0 Å². The van der Waals surface area contributed by atoms with E-state index < -0.39 is 0 Å². The van der Waals surface area contributed by atoms with Crippen molar-refractivity contribution in [3.8, 4) is 0 Å². The fraction of sp³-hybridized carbons (Fsp3) is 0.857. The third-order valence-electron chi connectivity index (χ3n) is 2.05. The summed E-state index contributed by atoms with van der Waals surface area (Å²) in [7, 11) is 1.44. The van der Waals surface area contributed by atoms with Crippen LogP contribution in [-0.2, 0) is 9.53 Å². The molecule has 1 rings (SSSR count). The molecule has 3 nitrogen and oxygen atoms in total. The van der Waals surface area contributed by atoms with Crippen molar-refractivity contribution in [1.82, 2.24) is 5.32 Å². The summed E-state index contributed by atoms with van der Waals surface area (Å²) in [6.07, 6.45) is 0.889. The zero-order chi connectivity index (χ0) is 7.61. The van der Waals surface area contributed by atoms with E-state index in [1.807, 2.05) is 6.92 Å². The van der Waals surface area contributed by atoms with E-state index in [1.54, 1.807) is 0 Å². The maximum Gasteiger partial charge on any atom is 0.312 e. The molecule has 0 radical (unpaired) electrons. The van der Waals surface area contributed by atoms with Crippen molar-refractivity contribution >= 4 is 5.97 Å². The van der Waals surface area contributed by atoms with Gasteiger partial charge in [0.2, 0.25) is 0 Å². The zero-order valence-electron chi connectivity index (χ0n) is 6.44. The number of hydrogen-bond acceptors (Lipinski definition) is 3. The Bertz CT molecular complexity index is 139. The Labute approximate surface area is 60.7 Å². The molecule has 0 aromatic carbocycles. The predicted octanol–water partition coefficient (Wildman–Crippen LogP) is 0.159. The van der Waals surface area contributed by atoms with Gasteiger partial charge in [-0.15, -0.1) is 0 Å². The van der Waals surface area contributed by atoms with E-state index in [-0.39, 0.29) is 11.4 Å². The molecule has 1 aliphatic rings. The highest BCUT2D eigenvalue weighted by Gasteiger charge is 2.37. The van der Waals surface area contributed by atoms with E-state index in [0.717, 1.165) is 19.5 Å². The van der Waals surface area contributed by atoms with Gasteiger partial charge >= 0.3 is 5.97 Å². The summed E-state index contributed by atoms with van der Waals surface area (Å²) in [5.41, 5.74) is -0.269. The topological polar surface area (TPSA) is 38.3 Å². The van der Waals surface area contributed by atoms with Gasteiger partial charge in [0, 0.05) is 6.54 Å². The van der Waals surface area contributed by atoms with Crippen LogP contribution in [0.1, 0.15) is 13.3 Å². The van der Waals surface area contributed by atoms with Crippen molar-refractivity contribution in [2.24, 2.45) is 5.41 Å². The Hall–Kier alpha value is -0.570. The lowest BCUT2D eigenvalue weighted by atomic mass is 9.90. The molecule has 3 heteroatoms. The molecule has 1 fully saturated rings. The first-order valence-electron chi connectivity index (χ1n) is 3.48. The molecule has 0 saturated carbocycles. The number of esters is 1. The van der Waals surface area contributed by atoms with Gasteiger partial charge in [0.05, 0.1) is 12.5 Å². The Balaban J connectivity index is 2.58. The van der Waals surface area contributed by atoms with Crippen LogP contribution in [0, 0.1) is 5.41 Å². The van der Waals surface area contributed by atoms with Crippen LogP contribution in [0.4, 0.5) is 0 Å². The SMILES string of the molecule is COC(=O)[C@]1(C)CCNC1. The number of nitrogens with one attached hydrogen (secondary N) is 1. The minimum absolute atomic E-state index is 0.0995. The average Bonchev–Trinajstić information content (AvgIpc) is 2.36. The van der Waals surface area contributed by atoms with Crippen molar-refractivity contribution in [3.05, 3.63) is 0 Å². The molecule has 1 aliphatic heterocycles. The van der Waals surface area contributed by atoms with Crippen LogP contribution >= 0.6 is 0 Å². The molecule has 0 amide bonds. The number of carbonyl (C=O) groups is 1. The number of hydrogen-bond donors (Lipinski definition) is 1. The van der Waals surface area contributed by atoms with Crippen molar-refractivity contribution in [3.63, 3.8) is 0 Å². The van der Waals surface area contributed by atoms with Crippen LogP contribution in [0.3, 0.4) is 0 Å². The van der Waals surface area contributed by atoms with E-state index >= 15 is 0 Å². The number of ether oxygens (including phenoxy) is 1. The van der Waals surface area contributed by atoms with Crippen molar-refractivity contribution in [2.45, 2.75) is 13.3 Å². The van der Waals surface area contributed by atoms with Gasteiger partial charge in [0.1, 0.15) is 0 Å². The van der Waals surface area contributed by atoms with E-state index in [1.165, 1.54) is 7.11 Å². The van der Waals surface area contributed by atoms with Crippen LogP contribution in [0.2, 0.25) is 0 Å². The maximum absolute atomic E-state index is 11.1. The molecule has 0 aromatic rings. The maximum atomic E-state index is 11.1. The lowest BCUT2D eigenvalue weighted by Crippen LogP contribution is -2.31. The van der Waals surface area contributed by atoms with E-state index in [4.69, 9.17) is 0 Å². The van der Waals surface area contributed by atoms with Crippen LogP contribution in [0.15, 0.2) is 0 Å². The molecule has 0 bridgehead atoms. The molecule has 1 heterocycles. The highest BCUT2D eigenvalue weighted by Crippen LogP contribution is 2.25. The largest absolute Gasteiger partial charge is 0.469 e. The Morgan fingerprint density at radius 1 is 1.70 bits per heavy atom. The molecule has 10 heavy (non-hydrogen) atoms. The Kier molecular flexibility index (Phi) is 1.94. The lowest BCUT2D eigenvalue weighted by molar-refractivity contribution is -0.150. The molecule has 1 atom stereocenters.